The van der Waals surface area contributed by atoms with Gasteiger partial charge in [-0.3, -0.25) is 9.69 Å². The summed E-state index contributed by atoms with van der Waals surface area (Å²) in [5.74, 6) is 1.35. The second kappa shape index (κ2) is 7.50. The van der Waals surface area contributed by atoms with Crippen molar-refractivity contribution in [3.05, 3.63) is 23.8 Å². The van der Waals surface area contributed by atoms with Crippen LogP contribution in [-0.2, 0) is 0 Å². The van der Waals surface area contributed by atoms with Crippen LogP contribution in [0.3, 0.4) is 0 Å². The number of likely N-dealkylation sites (tertiary alicyclic amines) is 1. The van der Waals surface area contributed by atoms with Gasteiger partial charge in [-0.05, 0) is 31.0 Å². The summed E-state index contributed by atoms with van der Waals surface area (Å²) < 4.78 is 10.7. The highest BCUT2D eigenvalue weighted by Crippen LogP contribution is 2.34. The van der Waals surface area contributed by atoms with Crippen LogP contribution in [0.2, 0.25) is 0 Å². The number of ether oxygens (including phenoxy) is 2. The van der Waals surface area contributed by atoms with Gasteiger partial charge >= 0.3 is 6.03 Å². The van der Waals surface area contributed by atoms with Gasteiger partial charge in [0.15, 0.2) is 11.5 Å². The summed E-state index contributed by atoms with van der Waals surface area (Å²) >= 11 is 0. The van der Waals surface area contributed by atoms with E-state index < -0.39 is 0 Å². The summed E-state index contributed by atoms with van der Waals surface area (Å²) in [7, 11) is 1.68. The van der Waals surface area contributed by atoms with Crippen molar-refractivity contribution < 1.29 is 19.1 Å². The van der Waals surface area contributed by atoms with Crippen LogP contribution in [0.5, 0.6) is 11.5 Å². The topological polar surface area (TPSA) is 74.4 Å². The molecule has 3 aliphatic heterocycles. The van der Waals surface area contributed by atoms with Crippen LogP contribution in [0, 0.1) is 0 Å². The number of carbonyl (C=O) groups is 2. The fourth-order valence-corrected chi connectivity index (χ4v) is 4.55. The molecule has 4 rings (SSSR count). The number of urea groups is 1. The third kappa shape index (κ3) is 3.26. The molecule has 1 N–H and O–H groups in total. The van der Waals surface area contributed by atoms with Gasteiger partial charge in [0.2, 0.25) is 6.79 Å². The maximum absolute atomic E-state index is 12.9. The number of carbonyl (C=O) groups excluding carboxylic acids is 2. The van der Waals surface area contributed by atoms with E-state index in [1.807, 2.05) is 9.80 Å². The lowest BCUT2D eigenvalue weighted by Gasteiger charge is -2.45. The quantitative estimate of drug-likeness (QED) is 0.847. The Morgan fingerprint density at radius 3 is 2.54 bits per heavy atom. The SMILES string of the molecule is CCC1(N2CCN(C(=O)c3ccc4c(c3)OCO4)CC2)CCN(C(=O)NC)C1. The lowest BCUT2D eigenvalue weighted by atomic mass is 9.92. The molecule has 1 unspecified atom stereocenters. The Labute approximate surface area is 165 Å². The number of piperazine rings is 1. The third-order valence-electron chi connectivity index (χ3n) is 6.35. The fraction of sp³-hybridized carbons (Fsp3) is 0.600. The molecule has 1 atom stereocenters. The first-order valence-electron chi connectivity index (χ1n) is 9.97. The second-order valence-electron chi connectivity index (χ2n) is 7.65. The zero-order chi connectivity index (χ0) is 19.7. The molecule has 0 aliphatic carbocycles. The summed E-state index contributed by atoms with van der Waals surface area (Å²) in [6.07, 6.45) is 1.98. The number of benzene rings is 1. The van der Waals surface area contributed by atoms with Crippen molar-refractivity contribution >= 4 is 11.9 Å². The molecule has 1 aromatic carbocycles. The predicted octanol–water partition coefficient (Wildman–Crippen LogP) is 1.37. The number of nitrogens with zero attached hydrogens (tertiary/aromatic N) is 3. The molecule has 0 spiro atoms. The van der Waals surface area contributed by atoms with E-state index in [1.165, 1.54) is 0 Å². The molecule has 28 heavy (non-hydrogen) atoms. The lowest BCUT2D eigenvalue weighted by Crippen LogP contribution is -2.59. The van der Waals surface area contributed by atoms with Gasteiger partial charge in [-0.25, -0.2) is 4.79 Å². The molecule has 0 aromatic heterocycles. The Kier molecular flexibility index (Phi) is 5.05. The number of nitrogens with one attached hydrogen (secondary N) is 1. The molecule has 152 valence electrons. The molecule has 3 aliphatic rings. The average Bonchev–Trinajstić information content (AvgIpc) is 3.40. The Bertz CT molecular complexity index is 763. The van der Waals surface area contributed by atoms with Crippen molar-refractivity contribution in [1.29, 1.82) is 0 Å². The monoisotopic (exact) mass is 388 g/mol. The van der Waals surface area contributed by atoms with Crippen molar-refractivity contribution in [1.82, 2.24) is 20.0 Å². The number of hydrogen-bond donors (Lipinski definition) is 1. The first-order chi connectivity index (χ1) is 13.6. The predicted molar refractivity (Wildman–Crippen MR) is 104 cm³/mol. The molecule has 0 saturated carbocycles. The van der Waals surface area contributed by atoms with E-state index in [9.17, 15) is 9.59 Å². The highest BCUT2D eigenvalue weighted by Gasteiger charge is 2.44. The van der Waals surface area contributed by atoms with Crippen LogP contribution in [0.1, 0.15) is 30.1 Å². The zero-order valence-electron chi connectivity index (χ0n) is 16.6. The highest BCUT2D eigenvalue weighted by molar-refractivity contribution is 5.95. The van der Waals surface area contributed by atoms with Crippen molar-refractivity contribution in [2.75, 3.05) is 53.1 Å². The minimum atomic E-state index is -0.00746. The highest BCUT2D eigenvalue weighted by atomic mass is 16.7. The summed E-state index contributed by atoms with van der Waals surface area (Å²) in [6.45, 7) is 6.96. The van der Waals surface area contributed by atoms with E-state index in [2.05, 4.69) is 17.1 Å². The van der Waals surface area contributed by atoms with E-state index >= 15 is 0 Å². The molecular weight excluding hydrogens is 360 g/mol. The summed E-state index contributed by atoms with van der Waals surface area (Å²) in [5.41, 5.74) is 0.648. The minimum Gasteiger partial charge on any atom is -0.454 e. The Morgan fingerprint density at radius 2 is 1.82 bits per heavy atom. The van der Waals surface area contributed by atoms with Crippen LogP contribution in [0.15, 0.2) is 18.2 Å². The van der Waals surface area contributed by atoms with Crippen molar-refractivity contribution in [3.63, 3.8) is 0 Å². The number of rotatable bonds is 3. The standard InChI is InChI=1S/C20H28N4O4/c1-3-20(6-7-23(13-20)19(26)21-2)24-10-8-22(9-11-24)18(25)15-4-5-16-17(12-15)28-14-27-16/h4-5,12H,3,6-11,13-14H2,1-2H3,(H,21,26). The van der Waals surface area contributed by atoms with Crippen LogP contribution < -0.4 is 14.8 Å². The van der Waals surface area contributed by atoms with Gasteiger partial charge in [0.05, 0.1) is 0 Å². The van der Waals surface area contributed by atoms with Crippen molar-refractivity contribution in [2.45, 2.75) is 25.3 Å². The van der Waals surface area contributed by atoms with Gasteiger partial charge in [0, 0.05) is 57.4 Å². The van der Waals surface area contributed by atoms with Crippen LogP contribution in [0.25, 0.3) is 0 Å². The normalized spacial score (nSPS) is 24.5. The van der Waals surface area contributed by atoms with Crippen LogP contribution in [0.4, 0.5) is 4.79 Å². The third-order valence-corrected chi connectivity index (χ3v) is 6.35. The number of hydrogen-bond acceptors (Lipinski definition) is 5. The van der Waals surface area contributed by atoms with Gasteiger partial charge in [-0.1, -0.05) is 6.92 Å². The van der Waals surface area contributed by atoms with E-state index in [0.717, 1.165) is 39.0 Å². The van der Waals surface area contributed by atoms with E-state index in [0.29, 0.717) is 30.2 Å². The largest absolute Gasteiger partial charge is 0.454 e. The Morgan fingerprint density at radius 1 is 1.07 bits per heavy atom. The molecule has 2 fully saturated rings. The molecule has 8 heteroatoms. The smallest absolute Gasteiger partial charge is 0.317 e. The van der Waals surface area contributed by atoms with E-state index in [4.69, 9.17) is 9.47 Å². The molecule has 8 nitrogen and oxygen atoms in total. The molecule has 3 heterocycles. The number of fused-ring (bicyclic) bond motifs is 1. The first-order valence-corrected chi connectivity index (χ1v) is 9.97. The molecule has 3 amide bonds. The lowest BCUT2D eigenvalue weighted by molar-refractivity contribution is 0.0301. The number of amides is 3. The van der Waals surface area contributed by atoms with E-state index in [1.54, 1.807) is 25.2 Å². The minimum absolute atomic E-state index is 0.00746. The average molecular weight is 388 g/mol. The second-order valence-corrected chi connectivity index (χ2v) is 7.65. The molecule has 0 radical (unpaired) electrons. The van der Waals surface area contributed by atoms with Crippen LogP contribution >= 0.6 is 0 Å². The van der Waals surface area contributed by atoms with Crippen molar-refractivity contribution in [3.8, 4) is 11.5 Å². The molecule has 1 aromatic rings. The van der Waals surface area contributed by atoms with Gasteiger partial charge in [0.1, 0.15) is 0 Å². The maximum Gasteiger partial charge on any atom is 0.317 e. The van der Waals surface area contributed by atoms with Gasteiger partial charge in [-0.15, -0.1) is 0 Å². The molecule has 2 saturated heterocycles. The maximum atomic E-state index is 12.9. The van der Waals surface area contributed by atoms with Gasteiger partial charge in [0.25, 0.3) is 5.91 Å². The fourth-order valence-electron chi connectivity index (χ4n) is 4.55. The first kappa shape index (κ1) is 18.9. The van der Waals surface area contributed by atoms with Gasteiger partial charge < -0.3 is 24.6 Å². The summed E-state index contributed by atoms with van der Waals surface area (Å²) in [5, 5.41) is 2.73. The summed E-state index contributed by atoms with van der Waals surface area (Å²) in [4.78, 5) is 31.2. The molecule has 0 bridgehead atoms. The molecular formula is C20H28N4O4. The zero-order valence-corrected chi connectivity index (χ0v) is 16.6. The van der Waals surface area contributed by atoms with Gasteiger partial charge in [-0.2, -0.15) is 0 Å². The van der Waals surface area contributed by atoms with Crippen molar-refractivity contribution in [2.24, 2.45) is 0 Å². The Hall–Kier alpha value is -2.48. The summed E-state index contributed by atoms with van der Waals surface area (Å²) in [6, 6.07) is 5.35. The van der Waals surface area contributed by atoms with E-state index in [-0.39, 0.29) is 24.3 Å². The Balaban J connectivity index is 1.39. The van der Waals surface area contributed by atoms with Crippen LogP contribution in [-0.4, -0.2) is 85.3 Å².